The Balaban J connectivity index is 1.73. The number of carbonyl (C=O) groups excluding carboxylic acids is 2. The molecule has 0 bridgehead atoms. The normalized spacial score (nSPS) is 11.4. The van der Waals surface area contributed by atoms with Crippen LogP contribution in [0.3, 0.4) is 0 Å². The maximum Gasteiger partial charge on any atom is 0.336 e. The number of thioether (sulfide) groups is 1. The smallest absolute Gasteiger partial charge is 0.336 e. The average Bonchev–Trinajstić information content (AvgIpc) is 2.83. The molecule has 0 fully saturated rings. The summed E-state index contributed by atoms with van der Waals surface area (Å²) in [6, 6.07) is 16.9. The van der Waals surface area contributed by atoms with Crippen molar-refractivity contribution in [3.05, 3.63) is 88.4 Å². The van der Waals surface area contributed by atoms with Crippen LogP contribution in [0.25, 0.3) is 0 Å². The minimum atomic E-state index is -1.42. The monoisotopic (exact) mass is 512 g/mol. The minimum absolute atomic E-state index is 0.172. The molecule has 2 amide bonds. The number of nitrogens with one attached hydrogen (secondary N) is 2. The standard InChI is InChI=1S/C25H21ClN2O6S/c1-2-21(23(30)27-16-9-7-15(26)8-10-16)35-18-5-3-4-17(13-18)28-22(29)19-11-6-14(24(31)32)12-20(19)25(33)34/h3-13,21H,2H2,1H3,(H,27,30)(H,28,29)(H,31,32)(H,33,34). The number of hydrogen-bond acceptors (Lipinski definition) is 5. The van der Waals surface area contributed by atoms with E-state index in [2.05, 4.69) is 10.6 Å². The fourth-order valence-electron chi connectivity index (χ4n) is 3.14. The molecule has 3 rings (SSSR count). The number of halogens is 1. The third kappa shape index (κ3) is 6.84. The number of aromatic carboxylic acids is 2. The number of anilines is 2. The quantitative estimate of drug-likeness (QED) is 0.278. The van der Waals surface area contributed by atoms with Crippen LogP contribution in [-0.2, 0) is 4.79 Å². The Morgan fingerprint density at radius 3 is 2.20 bits per heavy atom. The van der Waals surface area contributed by atoms with Crippen LogP contribution >= 0.6 is 23.4 Å². The summed E-state index contributed by atoms with van der Waals surface area (Å²) in [5.74, 6) is -3.59. The molecule has 0 aromatic heterocycles. The molecule has 3 aromatic rings. The van der Waals surface area contributed by atoms with Crippen molar-refractivity contribution in [2.24, 2.45) is 0 Å². The Morgan fingerprint density at radius 1 is 0.857 bits per heavy atom. The van der Waals surface area contributed by atoms with E-state index in [1.54, 1.807) is 48.5 Å². The highest BCUT2D eigenvalue weighted by Crippen LogP contribution is 2.29. The first-order valence-corrected chi connectivity index (χ1v) is 11.7. The zero-order valence-corrected chi connectivity index (χ0v) is 20.0. The van der Waals surface area contributed by atoms with Gasteiger partial charge in [-0.05, 0) is 67.1 Å². The van der Waals surface area contributed by atoms with E-state index >= 15 is 0 Å². The number of hydrogen-bond donors (Lipinski definition) is 4. The summed E-state index contributed by atoms with van der Waals surface area (Å²) < 4.78 is 0. The number of carboxylic acids is 2. The highest BCUT2D eigenvalue weighted by atomic mass is 35.5. The van der Waals surface area contributed by atoms with Gasteiger partial charge in [0.2, 0.25) is 5.91 Å². The highest BCUT2D eigenvalue weighted by Gasteiger charge is 2.21. The average molecular weight is 513 g/mol. The van der Waals surface area contributed by atoms with Crippen molar-refractivity contribution in [1.29, 1.82) is 0 Å². The summed E-state index contributed by atoms with van der Waals surface area (Å²) >= 11 is 7.20. The number of rotatable bonds is 9. The van der Waals surface area contributed by atoms with E-state index in [-0.39, 0.29) is 17.0 Å². The van der Waals surface area contributed by atoms with Gasteiger partial charge in [-0.3, -0.25) is 9.59 Å². The van der Waals surface area contributed by atoms with Gasteiger partial charge >= 0.3 is 11.9 Å². The molecule has 4 N–H and O–H groups in total. The maximum absolute atomic E-state index is 12.7. The van der Waals surface area contributed by atoms with Gasteiger partial charge in [-0.1, -0.05) is 24.6 Å². The molecule has 8 nitrogen and oxygen atoms in total. The molecule has 180 valence electrons. The van der Waals surface area contributed by atoms with Gasteiger partial charge in [0, 0.05) is 21.3 Å². The van der Waals surface area contributed by atoms with E-state index in [9.17, 15) is 24.3 Å². The lowest BCUT2D eigenvalue weighted by atomic mass is 10.0. The lowest BCUT2D eigenvalue weighted by Crippen LogP contribution is -2.24. The van der Waals surface area contributed by atoms with Gasteiger partial charge in [0.25, 0.3) is 5.91 Å². The SMILES string of the molecule is CCC(Sc1cccc(NC(=O)c2ccc(C(=O)O)cc2C(=O)O)c1)C(=O)Nc1ccc(Cl)cc1. The summed E-state index contributed by atoms with van der Waals surface area (Å²) in [5.41, 5.74) is 0.196. The van der Waals surface area contributed by atoms with E-state index in [1.165, 1.54) is 17.8 Å². The second-order valence-electron chi connectivity index (χ2n) is 7.36. The van der Waals surface area contributed by atoms with Crippen molar-refractivity contribution < 1.29 is 29.4 Å². The van der Waals surface area contributed by atoms with E-state index in [0.29, 0.717) is 22.8 Å². The van der Waals surface area contributed by atoms with Crippen molar-refractivity contribution in [3.63, 3.8) is 0 Å². The zero-order chi connectivity index (χ0) is 25.5. The molecule has 35 heavy (non-hydrogen) atoms. The van der Waals surface area contributed by atoms with Crippen molar-refractivity contribution in [1.82, 2.24) is 0 Å². The number of amides is 2. The Labute approximate surface area is 210 Å². The summed E-state index contributed by atoms with van der Waals surface area (Å²) in [5, 5.41) is 24.1. The molecule has 3 aromatic carbocycles. The molecule has 0 heterocycles. The molecular weight excluding hydrogens is 492 g/mol. The summed E-state index contributed by atoms with van der Waals surface area (Å²) in [6.45, 7) is 1.89. The van der Waals surface area contributed by atoms with Gasteiger partial charge in [0.05, 0.1) is 21.9 Å². The first-order chi connectivity index (χ1) is 16.7. The molecule has 0 saturated carbocycles. The van der Waals surface area contributed by atoms with Crippen molar-refractivity contribution >= 4 is 58.5 Å². The van der Waals surface area contributed by atoms with Crippen LogP contribution in [0.15, 0.2) is 71.6 Å². The van der Waals surface area contributed by atoms with Gasteiger partial charge in [-0.15, -0.1) is 11.8 Å². The first kappa shape index (κ1) is 25.8. The Bertz CT molecular complexity index is 1280. The topological polar surface area (TPSA) is 133 Å². The first-order valence-electron chi connectivity index (χ1n) is 10.4. The van der Waals surface area contributed by atoms with Crippen LogP contribution in [0.4, 0.5) is 11.4 Å². The number of benzene rings is 3. The van der Waals surface area contributed by atoms with E-state index in [0.717, 1.165) is 17.0 Å². The highest BCUT2D eigenvalue weighted by molar-refractivity contribution is 8.00. The van der Waals surface area contributed by atoms with E-state index in [4.69, 9.17) is 16.7 Å². The summed E-state index contributed by atoms with van der Waals surface area (Å²) in [4.78, 5) is 48.9. The molecule has 0 aliphatic carbocycles. The van der Waals surface area contributed by atoms with Crippen molar-refractivity contribution in [2.45, 2.75) is 23.5 Å². The van der Waals surface area contributed by atoms with Crippen LogP contribution < -0.4 is 10.6 Å². The third-order valence-corrected chi connectivity index (χ3v) is 6.50. The molecule has 0 radical (unpaired) electrons. The van der Waals surface area contributed by atoms with Crippen LogP contribution in [0.2, 0.25) is 5.02 Å². The molecule has 0 spiro atoms. The largest absolute Gasteiger partial charge is 0.478 e. The van der Waals surface area contributed by atoms with Gasteiger partial charge in [-0.2, -0.15) is 0 Å². The van der Waals surface area contributed by atoms with Crippen molar-refractivity contribution in [2.75, 3.05) is 10.6 Å². The third-order valence-electron chi connectivity index (χ3n) is 4.89. The van der Waals surface area contributed by atoms with Crippen molar-refractivity contribution in [3.8, 4) is 0 Å². The second kappa shape index (κ2) is 11.5. The molecule has 1 unspecified atom stereocenters. The van der Waals surface area contributed by atoms with Crippen LogP contribution in [0.1, 0.15) is 44.4 Å². The minimum Gasteiger partial charge on any atom is -0.478 e. The Hall–Kier alpha value is -3.82. The van der Waals surface area contributed by atoms with E-state index in [1.807, 2.05) is 6.92 Å². The Kier molecular flexibility index (Phi) is 8.51. The molecule has 0 aliphatic rings. The van der Waals surface area contributed by atoms with E-state index < -0.39 is 28.7 Å². The molecule has 10 heteroatoms. The fraction of sp³-hybridized carbons (Fsp3) is 0.120. The zero-order valence-electron chi connectivity index (χ0n) is 18.4. The summed E-state index contributed by atoms with van der Waals surface area (Å²) in [6.07, 6.45) is 0.554. The van der Waals surface area contributed by atoms with Gasteiger partial charge in [0.15, 0.2) is 0 Å². The Morgan fingerprint density at radius 2 is 1.57 bits per heavy atom. The summed E-state index contributed by atoms with van der Waals surface area (Å²) in [7, 11) is 0. The van der Waals surface area contributed by atoms with Crippen LogP contribution in [0, 0.1) is 0 Å². The van der Waals surface area contributed by atoms with Gasteiger partial charge < -0.3 is 20.8 Å². The lowest BCUT2D eigenvalue weighted by Gasteiger charge is -2.16. The second-order valence-corrected chi connectivity index (χ2v) is 9.08. The molecule has 0 aliphatic heterocycles. The predicted octanol–water partition coefficient (Wildman–Crippen LogP) is 5.50. The molecular formula is C25H21ClN2O6S. The number of carboxylic acid groups (broad SMARTS) is 2. The van der Waals surface area contributed by atoms with Crippen LogP contribution in [0.5, 0.6) is 0 Å². The maximum atomic E-state index is 12.7. The number of carbonyl (C=O) groups is 4. The van der Waals surface area contributed by atoms with Crippen LogP contribution in [-0.4, -0.2) is 39.2 Å². The molecule has 0 saturated heterocycles. The lowest BCUT2D eigenvalue weighted by molar-refractivity contribution is -0.115. The fourth-order valence-corrected chi connectivity index (χ4v) is 4.28. The molecule has 1 atom stereocenters. The van der Waals surface area contributed by atoms with Gasteiger partial charge in [-0.25, -0.2) is 9.59 Å². The predicted molar refractivity (Wildman–Crippen MR) is 135 cm³/mol. The van der Waals surface area contributed by atoms with Gasteiger partial charge in [0.1, 0.15) is 0 Å².